The van der Waals surface area contributed by atoms with Crippen LogP contribution in [0.4, 0.5) is 0 Å². The number of aliphatic hydroxyl groups is 1. The predicted molar refractivity (Wildman–Crippen MR) is 65.2 cm³/mol. The molecule has 0 bridgehead atoms. The highest BCUT2D eigenvalue weighted by molar-refractivity contribution is 5.81. The molecular weight excluding hydrogens is 206 g/mol. The van der Waals surface area contributed by atoms with Gasteiger partial charge in [0.2, 0.25) is 5.91 Å². The number of aliphatic hydroxyl groups excluding tert-OH is 1. The third-order valence-corrected chi connectivity index (χ3v) is 2.32. The second kappa shape index (κ2) is 8.50. The van der Waals surface area contributed by atoms with Crippen molar-refractivity contribution in [3.8, 4) is 0 Å². The molecule has 0 aliphatic rings. The van der Waals surface area contributed by atoms with Gasteiger partial charge in [-0.15, -0.1) is 0 Å². The Bertz CT molecular complexity index is 198. The van der Waals surface area contributed by atoms with E-state index < -0.39 is 6.10 Å². The van der Waals surface area contributed by atoms with Crippen LogP contribution in [-0.2, 0) is 4.79 Å². The lowest BCUT2D eigenvalue weighted by molar-refractivity contribution is -0.123. The Labute approximate surface area is 98.0 Å². The number of nitrogens with one attached hydrogen (secondary N) is 3. The molecule has 1 amide bonds. The van der Waals surface area contributed by atoms with E-state index in [0.29, 0.717) is 12.5 Å². The Hall–Kier alpha value is -0.650. The molecule has 0 fully saturated rings. The SMILES string of the molecule is CNCC(O)CNC(=O)[C@H](CC(C)C)NC. The summed E-state index contributed by atoms with van der Waals surface area (Å²) in [4.78, 5) is 11.7. The minimum absolute atomic E-state index is 0.0497. The normalized spacial score (nSPS) is 14.9. The summed E-state index contributed by atoms with van der Waals surface area (Å²) in [5, 5.41) is 18.0. The fourth-order valence-electron chi connectivity index (χ4n) is 1.48. The van der Waals surface area contributed by atoms with Gasteiger partial charge in [0.05, 0.1) is 12.1 Å². The van der Waals surface area contributed by atoms with Gasteiger partial charge in [0, 0.05) is 13.1 Å². The van der Waals surface area contributed by atoms with Crippen LogP contribution < -0.4 is 16.0 Å². The Morgan fingerprint density at radius 2 is 1.88 bits per heavy atom. The summed E-state index contributed by atoms with van der Waals surface area (Å²) in [7, 11) is 3.54. The number of carbonyl (C=O) groups excluding carboxylic acids is 1. The first-order chi connectivity index (χ1) is 7.51. The van der Waals surface area contributed by atoms with Crippen molar-refractivity contribution in [3.05, 3.63) is 0 Å². The molecule has 0 aromatic heterocycles. The van der Waals surface area contributed by atoms with Crippen LogP contribution in [0, 0.1) is 5.92 Å². The van der Waals surface area contributed by atoms with E-state index in [1.54, 1.807) is 14.1 Å². The molecule has 0 heterocycles. The average Bonchev–Trinajstić information content (AvgIpc) is 2.22. The van der Waals surface area contributed by atoms with Crippen molar-refractivity contribution in [1.82, 2.24) is 16.0 Å². The number of hydrogen-bond acceptors (Lipinski definition) is 4. The van der Waals surface area contributed by atoms with Crippen molar-refractivity contribution in [2.24, 2.45) is 5.92 Å². The summed E-state index contributed by atoms with van der Waals surface area (Å²) < 4.78 is 0. The number of hydrogen-bond donors (Lipinski definition) is 4. The molecule has 2 atom stereocenters. The highest BCUT2D eigenvalue weighted by Crippen LogP contribution is 2.04. The molecule has 0 aliphatic carbocycles. The summed E-state index contributed by atoms with van der Waals surface area (Å²) in [5.74, 6) is 0.414. The molecule has 96 valence electrons. The number of rotatable bonds is 8. The number of likely N-dealkylation sites (N-methyl/N-ethyl adjacent to an activating group) is 2. The first kappa shape index (κ1) is 15.3. The van der Waals surface area contributed by atoms with Gasteiger partial charge in [-0.1, -0.05) is 13.8 Å². The Morgan fingerprint density at radius 3 is 2.31 bits per heavy atom. The van der Waals surface area contributed by atoms with Gasteiger partial charge in [0.1, 0.15) is 0 Å². The van der Waals surface area contributed by atoms with E-state index in [2.05, 4.69) is 29.8 Å². The zero-order valence-corrected chi connectivity index (χ0v) is 10.7. The predicted octanol–water partition coefficient (Wildman–Crippen LogP) is -0.683. The van der Waals surface area contributed by atoms with Gasteiger partial charge in [-0.2, -0.15) is 0 Å². The molecule has 0 aromatic rings. The van der Waals surface area contributed by atoms with Crippen LogP contribution in [0.1, 0.15) is 20.3 Å². The van der Waals surface area contributed by atoms with Crippen molar-refractivity contribution in [2.45, 2.75) is 32.4 Å². The zero-order valence-electron chi connectivity index (χ0n) is 10.7. The third-order valence-electron chi connectivity index (χ3n) is 2.32. The van der Waals surface area contributed by atoms with Crippen LogP contribution in [0.2, 0.25) is 0 Å². The molecule has 5 nitrogen and oxygen atoms in total. The molecule has 0 spiro atoms. The van der Waals surface area contributed by atoms with Gasteiger partial charge in [-0.05, 0) is 26.4 Å². The highest BCUT2D eigenvalue weighted by Gasteiger charge is 2.17. The molecule has 16 heavy (non-hydrogen) atoms. The molecule has 4 N–H and O–H groups in total. The fourth-order valence-corrected chi connectivity index (χ4v) is 1.48. The quantitative estimate of drug-likeness (QED) is 0.446. The lowest BCUT2D eigenvalue weighted by Crippen LogP contribution is -2.46. The summed E-state index contributed by atoms with van der Waals surface area (Å²) in [5.41, 5.74) is 0. The van der Waals surface area contributed by atoms with Crippen molar-refractivity contribution in [1.29, 1.82) is 0 Å². The maximum Gasteiger partial charge on any atom is 0.237 e. The topological polar surface area (TPSA) is 73.4 Å². The zero-order chi connectivity index (χ0) is 12.6. The lowest BCUT2D eigenvalue weighted by Gasteiger charge is -2.19. The van der Waals surface area contributed by atoms with Crippen molar-refractivity contribution >= 4 is 5.91 Å². The maximum absolute atomic E-state index is 11.7. The minimum atomic E-state index is -0.537. The summed E-state index contributed by atoms with van der Waals surface area (Å²) >= 11 is 0. The minimum Gasteiger partial charge on any atom is -0.390 e. The maximum atomic E-state index is 11.7. The number of amides is 1. The van der Waals surface area contributed by atoms with E-state index >= 15 is 0 Å². The fraction of sp³-hybridized carbons (Fsp3) is 0.909. The molecule has 0 aromatic carbocycles. The van der Waals surface area contributed by atoms with Crippen LogP contribution in [-0.4, -0.2) is 50.3 Å². The summed E-state index contributed by atoms with van der Waals surface area (Å²) in [6.45, 7) is 4.92. The van der Waals surface area contributed by atoms with Crippen molar-refractivity contribution < 1.29 is 9.90 Å². The molecular formula is C11H25N3O2. The molecule has 0 rings (SSSR count). The molecule has 5 heteroatoms. The van der Waals surface area contributed by atoms with E-state index in [-0.39, 0.29) is 18.5 Å². The van der Waals surface area contributed by atoms with Crippen LogP contribution in [0.15, 0.2) is 0 Å². The van der Waals surface area contributed by atoms with Gasteiger partial charge >= 0.3 is 0 Å². The van der Waals surface area contributed by atoms with E-state index in [1.165, 1.54) is 0 Å². The third kappa shape index (κ3) is 6.76. The van der Waals surface area contributed by atoms with Gasteiger partial charge in [-0.3, -0.25) is 4.79 Å². The van der Waals surface area contributed by atoms with Crippen molar-refractivity contribution in [2.75, 3.05) is 27.2 Å². The van der Waals surface area contributed by atoms with Crippen molar-refractivity contribution in [3.63, 3.8) is 0 Å². The molecule has 0 radical (unpaired) electrons. The van der Waals surface area contributed by atoms with Gasteiger partial charge in [-0.25, -0.2) is 0 Å². The van der Waals surface area contributed by atoms with Crippen LogP contribution >= 0.6 is 0 Å². The Morgan fingerprint density at radius 1 is 1.25 bits per heavy atom. The largest absolute Gasteiger partial charge is 0.390 e. The average molecular weight is 231 g/mol. The molecule has 1 unspecified atom stereocenters. The molecule has 0 aliphatic heterocycles. The monoisotopic (exact) mass is 231 g/mol. The summed E-state index contributed by atoms with van der Waals surface area (Å²) in [6, 6.07) is -0.179. The standard InChI is InChI=1S/C11H25N3O2/c1-8(2)5-10(13-4)11(16)14-7-9(15)6-12-3/h8-10,12-13,15H,5-7H2,1-4H3,(H,14,16)/t9?,10-/m0/s1. The Kier molecular flexibility index (Phi) is 8.15. The smallest absolute Gasteiger partial charge is 0.237 e. The van der Waals surface area contributed by atoms with Gasteiger partial charge in [0.15, 0.2) is 0 Å². The van der Waals surface area contributed by atoms with Crippen LogP contribution in [0.25, 0.3) is 0 Å². The van der Waals surface area contributed by atoms with Crippen LogP contribution in [0.5, 0.6) is 0 Å². The lowest BCUT2D eigenvalue weighted by atomic mass is 10.0. The number of carbonyl (C=O) groups is 1. The van der Waals surface area contributed by atoms with E-state index in [9.17, 15) is 9.90 Å². The van der Waals surface area contributed by atoms with E-state index in [1.807, 2.05) is 0 Å². The first-order valence-electron chi connectivity index (χ1n) is 5.78. The van der Waals surface area contributed by atoms with Gasteiger partial charge < -0.3 is 21.1 Å². The van der Waals surface area contributed by atoms with Gasteiger partial charge in [0.25, 0.3) is 0 Å². The first-order valence-corrected chi connectivity index (χ1v) is 5.78. The molecule has 0 saturated heterocycles. The molecule has 0 saturated carbocycles. The second-order valence-electron chi connectivity index (χ2n) is 4.43. The van der Waals surface area contributed by atoms with Crippen LogP contribution in [0.3, 0.4) is 0 Å². The van der Waals surface area contributed by atoms with E-state index in [4.69, 9.17) is 0 Å². The highest BCUT2D eigenvalue weighted by atomic mass is 16.3. The Balaban J connectivity index is 3.92. The van der Waals surface area contributed by atoms with E-state index in [0.717, 1.165) is 6.42 Å². The summed E-state index contributed by atoms with van der Waals surface area (Å²) in [6.07, 6.45) is 0.260. The second-order valence-corrected chi connectivity index (χ2v) is 4.43.